The molecule has 0 saturated heterocycles. The first kappa shape index (κ1) is 13.8. The molecule has 4 heteroatoms. The van der Waals surface area contributed by atoms with Gasteiger partial charge in [0, 0.05) is 18.3 Å². The van der Waals surface area contributed by atoms with Crippen molar-refractivity contribution in [2.24, 2.45) is 0 Å². The molecule has 0 saturated carbocycles. The normalized spacial score (nSPS) is 14.0. The lowest BCUT2D eigenvalue weighted by Gasteiger charge is -2.17. The topological polar surface area (TPSA) is 57.9 Å². The van der Waals surface area contributed by atoms with Crippen LogP contribution in [0, 0.1) is 11.3 Å². The van der Waals surface area contributed by atoms with E-state index in [1.54, 1.807) is 0 Å². The van der Waals surface area contributed by atoms with Crippen LogP contribution in [0.2, 0.25) is 0 Å². The molecule has 0 atom stereocenters. The van der Waals surface area contributed by atoms with Crippen molar-refractivity contribution in [2.75, 3.05) is 13.2 Å². The molecule has 0 amide bonds. The maximum absolute atomic E-state index is 9.18. The number of rotatable bonds is 5. The van der Waals surface area contributed by atoms with Gasteiger partial charge in [-0.05, 0) is 37.3 Å². The molecule has 0 spiro atoms. The first-order valence-corrected chi connectivity index (χ1v) is 7.00. The molecule has 1 aliphatic carbocycles. The van der Waals surface area contributed by atoms with Gasteiger partial charge in [-0.25, -0.2) is 4.98 Å². The van der Waals surface area contributed by atoms with Crippen LogP contribution in [0.4, 0.5) is 0 Å². The summed E-state index contributed by atoms with van der Waals surface area (Å²) >= 11 is 0. The molecule has 1 N–H and O–H groups in total. The van der Waals surface area contributed by atoms with Crippen molar-refractivity contribution in [3.63, 3.8) is 0 Å². The van der Waals surface area contributed by atoms with Crippen molar-refractivity contribution in [2.45, 2.75) is 45.6 Å². The van der Waals surface area contributed by atoms with Gasteiger partial charge in [0.05, 0.1) is 0 Å². The van der Waals surface area contributed by atoms with Crippen LogP contribution in [0.15, 0.2) is 6.07 Å². The number of hydrogen-bond acceptors (Lipinski definition) is 4. The smallest absolute Gasteiger partial charge is 0.231 e. The fourth-order valence-electron chi connectivity index (χ4n) is 2.30. The highest BCUT2D eigenvalue weighted by molar-refractivity contribution is 5.43. The van der Waals surface area contributed by atoms with Gasteiger partial charge in [0.1, 0.15) is 18.2 Å². The average molecular weight is 259 g/mol. The molecular formula is C15H21N3O. The standard InChI is InChI=1S/C15H21N3O/c1-11(2)17-7-8-19-15-13(10-16)9-12-5-3-4-6-14(12)18-15/h9,11,17H,3-8H2,1-2H3. The molecule has 102 valence electrons. The van der Waals surface area contributed by atoms with E-state index in [0.29, 0.717) is 24.1 Å². The van der Waals surface area contributed by atoms with Gasteiger partial charge < -0.3 is 10.1 Å². The van der Waals surface area contributed by atoms with E-state index in [9.17, 15) is 5.26 Å². The SMILES string of the molecule is CC(C)NCCOc1nc2c(cc1C#N)CCCC2. The maximum Gasteiger partial charge on any atom is 0.231 e. The van der Waals surface area contributed by atoms with Crippen molar-refractivity contribution in [3.05, 3.63) is 22.9 Å². The zero-order valence-electron chi connectivity index (χ0n) is 11.7. The van der Waals surface area contributed by atoms with Crippen LogP contribution in [0.25, 0.3) is 0 Å². The second-order valence-electron chi connectivity index (χ2n) is 5.22. The minimum Gasteiger partial charge on any atom is -0.475 e. The number of nitrogens with one attached hydrogen (secondary N) is 1. The van der Waals surface area contributed by atoms with Gasteiger partial charge in [-0.1, -0.05) is 13.8 Å². The number of aromatic nitrogens is 1. The largest absolute Gasteiger partial charge is 0.475 e. The van der Waals surface area contributed by atoms with Crippen LogP contribution in [-0.4, -0.2) is 24.2 Å². The molecule has 0 fully saturated rings. The van der Waals surface area contributed by atoms with Gasteiger partial charge in [-0.3, -0.25) is 0 Å². The Morgan fingerprint density at radius 3 is 2.95 bits per heavy atom. The fourth-order valence-corrected chi connectivity index (χ4v) is 2.30. The second kappa shape index (κ2) is 6.53. The molecule has 1 aromatic rings. The number of ether oxygens (including phenoxy) is 1. The Morgan fingerprint density at radius 2 is 2.21 bits per heavy atom. The number of hydrogen-bond donors (Lipinski definition) is 1. The molecule has 1 aromatic heterocycles. The van der Waals surface area contributed by atoms with Gasteiger partial charge in [-0.15, -0.1) is 0 Å². The summed E-state index contributed by atoms with van der Waals surface area (Å²) < 4.78 is 5.65. The number of fused-ring (bicyclic) bond motifs is 1. The molecule has 4 nitrogen and oxygen atoms in total. The van der Waals surface area contributed by atoms with E-state index in [-0.39, 0.29) is 0 Å². The number of nitriles is 1. The summed E-state index contributed by atoms with van der Waals surface area (Å²) in [5.41, 5.74) is 2.89. The monoisotopic (exact) mass is 259 g/mol. The van der Waals surface area contributed by atoms with Crippen molar-refractivity contribution < 1.29 is 4.74 Å². The quantitative estimate of drug-likeness (QED) is 0.824. The van der Waals surface area contributed by atoms with Crippen LogP contribution >= 0.6 is 0 Å². The minimum absolute atomic E-state index is 0.440. The molecule has 0 aliphatic heterocycles. The van der Waals surface area contributed by atoms with Crippen molar-refractivity contribution in [3.8, 4) is 11.9 Å². The first-order valence-electron chi connectivity index (χ1n) is 7.00. The Hall–Kier alpha value is -1.60. The Bertz CT molecular complexity index is 477. The van der Waals surface area contributed by atoms with E-state index >= 15 is 0 Å². The van der Waals surface area contributed by atoms with E-state index in [2.05, 4.69) is 30.2 Å². The molecule has 2 rings (SSSR count). The number of pyridine rings is 1. The summed E-state index contributed by atoms with van der Waals surface area (Å²) in [6.07, 6.45) is 4.41. The third kappa shape index (κ3) is 3.68. The zero-order chi connectivity index (χ0) is 13.7. The number of nitrogens with zero attached hydrogens (tertiary/aromatic N) is 2. The lowest BCUT2D eigenvalue weighted by molar-refractivity contribution is 0.295. The Kier molecular flexibility index (Phi) is 4.75. The molecule has 1 aliphatic rings. The fraction of sp³-hybridized carbons (Fsp3) is 0.600. The highest BCUT2D eigenvalue weighted by Gasteiger charge is 2.15. The predicted octanol–water partition coefficient (Wildman–Crippen LogP) is 2.21. The van der Waals surface area contributed by atoms with E-state index in [1.807, 2.05) is 6.07 Å². The second-order valence-corrected chi connectivity index (χ2v) is 5.22. The number of aryl methyl sites for hydroxylation is 2. The van der Waals surface area contributed by atoms with Crippen LogP contribution in [0.5, 0.6) is 5.88 Å². The first-order chi connectivity index (χ1) is 9.20. The van der Waals surface area contributed by atoms with Crippen molar-refractivity contribution in [1.29, 1.82) is 5.26 Å². The van der Waals surface area contributed by atoms with Gasteiger partial charge in [0.15, 0.2) is 0 Å². The summed E-state index contributed by atoms with van der Waals surface area (Å²) in [6.45, 7) is 5.50. The summed E-state index contributed by atoms with van der Waals surface area (Å²) in [5.74, 6) is 0.494. The van der Waals surface area contributed by atoms with E-state index in [4.69, 9.17) is 4.74 Å². The van der Waals surface area contributed by atoms with Crippen molar-refractivity contribution in [1.82, 2.24) is 10.3 Å². The Balaban J connectivity index is 2.04. The van der Waals surface area contributed by atoms with Gasteiger partial charge in [-0.2, -0.15) is 5.26 Å². The summed E-state index contributed by atoms with van der Waals surface area (Å²) in [6, 6.07) is 4.58. The van der Waals surface area contributed by atoms with Crippen LogP contribution in [0.1, 0.15) is 43.5 Å². The summed E-state index contributed by atoms with van der Waals surface area (Å²) in [7, 11) is 0. The van der Waals surface area contributed by atoms with Crippen LogP contribution in [-0.2, 0) is 12.8 Å². The average Bonchev–Trinajstić information content (AvgIpc) is 2.42. The lowest BCUT2D eigenvalue weighted by atomic mass is 9.95. The third-order valence-corrected chi connectivity index (χ3v) is 3.28. The molecule has 0 unspecified atom stereocenters. The van der Waals surface area contributed by atoms with Gasteiger partial charge >= 0.3 is 0 Å². The van der Waals surface area contributed by atoms with Gasteiger partial charge in [0.2, 0.25) is 5.88 Å². The van der Waals surface area contributed by atoms with E-state index < -0.39 is 0 Å². The van der Waals surface area contributed by atoms with Gasteiger partial charge in [0.25, 0.3) is 0 Å². The summed E-state index contributed by atoms with van der Waals surface area (Å²) in [5, 5.41) is 12.5. The highest BCUT2D eigenvalue weighted by Crippen LogP contribution is 2.25. The van der Waals surface area contributed by atoms with E-state index in [0.717, 1.165) is 25.1 Å². The van der Waals surface area contributed by atoms with Crippen molar-refractivity contribution >= 4 is 0 Å². The third-order valence-electron chi connectivity index (χ3n) is 3.28. The predicted molar refractivity (Wildman–Crippen MR) is 74.2 cm³/mol. The molecule has 0 aromatic carbocycles. The molecule has 0 radical (unpaired) electrons. The molecule has 1 heterocycles. The Morgan fingerprint density at radius 1 is 1.42 bits per heavy atom. The zero-order valence-corrected chi connectivity index (χ0v) is 11.7. The molecule has 0 bridgehead atoms. The molecule has 19 heavy (non-hydrogen) atoms. The highest BCUT2D eigenvalue weighted by atomic mass is 16.5. The van der Waals surface area contributed by atoms with Crippen LogP contribution < -0.4 is 10.1 Å². The lowest BCUT2D eigenvalue weighted by Crippen LogP contribution is -2.27. The minimum atomic E-state index is 0.440. The Labute approximate surface area is 114 Å². The maximum atomic E-state index is 9.18. The molecular weight excluding hydrogens is 238 g/mol. The van der Waals surface area contributed by atoms with E-state index in [1.165, 1.54) is 18.4 Å². The summed E-state index contributed by atoms with van der Waals surface area (Å²) in [4.78, 5) is 4.53. The van der Waals surface area contributed by atoms with Crippen LogP contribution in [0.3, 0.4) is 0 Å².